The number of aromatic hydroxyl groups is 1. The van der Waals surface area contributed by atoms with E-state index in [-0.39, 0.29) is 23.8 Å². The van der Waals surface area contributed by atoms with Crippen LogP contribution in [0.3, 0.4) is 0 Å². The lowest BCUT2D eigenvalue weighted by Crippen LogP contribution is -3.00. The van der Waals surface area contributed by atoms with Crippen LogP contribution >= 0.6 is 11.8 Å². The Kier molecular flexibility index (Phi) is 8.24. The van der Waals surface area contributed by atoms with Gasteiger partial charge in [0.25, 0.3) is 5.56 Å². The van der Waals surface area contributed by atoms with Gasteiger partial charge in [0.2, 0.25) is 5.88 Å². The molecule has 0 bridgehead atoms. The maximum Gasteiger partial charge on any atom is 0.258 e. The number of nitrogens with one attached hydrogen (secondary N) is 1. The number of hydrogen-bond acceptors (Lipinski definition) is 6. The molecule has 126 valence electrons. The summed E-state index contributed by atoms with van der Waals surface area (Å²) in [5, 5.41) is 10.4. The average Bonchev–Trinajstić information content (AvgIpc) is 2.44. The van der Waals surface area contributed by atoms with Crippen molar-refractivity contribution in [3.05, 3.63) is 15.9 Å². The highest BCUT2D eigenvalue weighted by Gasteiger charge is 2.13. The predicted molar refractivity (Wildman–Crippen MR) is 83.0 cm³/mol. The molecule has 0 aromatic carbocycles. The van der Waals surface area contributed by atoms with Crippen LogP contribution in [0, 0.1) is 5.92 Å². The Hall–Kier alpha value is -0.760. The van der Waals surface area contributed by atoms with Crippen LogP contribution in [0.2, 0.25) is 0 Å². The second-order valence-electron chi connectivity index (χ2n) is 5.57. The molecule has 0 amide bonds. The molecule has 0 aliphatic carbocycles. The molecule has 2 rings (SSSR count). The van der Waals surface area contributed by atoms with Crippen molar-refractivity contribution >= 4 is 11.8 Å². The molecule has 0 saturated carbocycles. The highest BCUT2D eigenvalue weighted by Crippen LogP contribution is 2.18. The lowest BCUT2D eigenvalue weighted by atomic mass is 10.1. The molecule has 1 saturated heterocycles. The summed E-state index contributed by atoms with van der Waals surface area (Å²) in [4.78, 5) is 21.1. The standard InChI is InChI=1S/C14H23N3O3S.ClH/c1-10(2)9-11-12(18)15-14(16-13(11)19)21-8-5-17-3-6-20-7-4-17;/h10H,3-9H2,1-2H3,(H2,15,16,18,19);1H/p-1. The quantitative estimate of drug-likeness (QED) is 0.462. The van der Waals surface area contributed by atoms with Crippen molar-refractivity contribution in [1.82, 2.24) is 14.9 Å². The molecule has 22 heavy (non-hydrogen) atoms. The minimum Gasteiger partial charge on any atom is -1.00 e. The fraction of sp³-hybridized carbons (Fsp3) is 0.714. The molecule has 1 fully saturated rings. The van der Waals surface area contributed by atoms with Gasteiger partial charge in [-0.25, -0.2) is 0 Å². The number of nitrogens with zero attached hydrogens (tertiary/aromatic N) is 2. The van der Waals surface area contributed by atoms with Crippen molar-refractivity contribution in [2.75, 3.05) is 38.6 Å². The molecule has 6 nitrogen and oxygen atoms in total. The van der Waals surface area contributed by atoms with Crippen molar-refractivity contribution in [3.63, 3.8) is 0 Å². The van der Waals surface area contributed by atoms with E-state index >= 15 is 0 Å². The summed E-state index contributed by atoms with van der Waals surface area (Å²) in [5.74, 6) is 0.992. The zero-order valence-corrected chi connectivity index (χ0v) is 14.5. The number of ether oxygens (including phenoxy) is 1. The van der Waals surface area contributed by atoms with Gasteiger partial charge in [0.15, 0.2) is 5.16 Å². The Morgan fingerprint density at radius 1 is 1.41 bits per heavy atom. The van der Waals surface area contributed by atoms with E-state index in [1.54, 1.807) is 0 Å². The molecule has 0 spiro atoms. The zero-order chi connectivity index (χ0) is 15.2. The van der Waals surface area contributed by atoms with E-state index < -0.39 is 0 Å². The van der Waals surface area contributed by atoms with Crippen LogP contribution in [-0.2, 0) is 11.2 Å². The predicted octanol–water partition coefficient (Wildman–Crippen LogP) is -1.90. The number of rotatable bonds is 6. The van der Waals surface area contributed by atoms with Gasteiger partial charge in [0.05, 0.1) is 18.8 Å². The van der Waals surface area contributed by atoms with Crippen LogP contribution in [0.15, 0.2) is 9.95 Å². The number of hydrogen-bond donors (Lipinski definition) is 2. The number of aromatic nitrogens is 2. The second kappa shape index (κ2) is 9.39. The fourth-order valence-electron chi connectivity index (χ4n) is 2.22. The van der Waals surface area contributed by atoms with Gasteiger partial charge in [-0.2, -0.15) is 4.98 Å². The molecular formula is C14H23ClN3O3S-. The van der Waals surface area contributed by atoms with Gasteiger partial charge in [-0.05, 0) is 12.3 Å². The maximum atomic E-state index is 12.0. The van der Waals surface area contributed by atoms with E-state index in [9.17, 15) is 9.90 Å². The first kappa shape index (κ1) is 19.3. The van der Waals surface area contributed by atoms with Gasteiger partial charge in [-0.3, -0.25) is 9.69 Å². The summed E-state index contributed by atoms with van der Waals surface area (Å²) >= 11 is 1.46. The zero-order valence-electron chi connectivity index (χ0n) is 13.0. The van der Waals surface area contributed by atoms with E-state index in [0.29, 0.717) is 23.1 Å². The van der Waals surface area contributed by atoms with Crippen LogP contribution in [0.1, 0.15) is 19.4 Å². The molecule has 1 aromatic rings. The van der Waals surface area contributed by atoms with Gasteiger partial charge in [0, 0.05) is 25.4 Å². The third-order valence-corrected chi connectivity index (χ3v) is 4.19. The number of halogens is 1. The Morgan fingerprint density at radius 2 is 2.09 bits per heavy atom. The lowest BCUT2D eigenvalue weighted by molar-refractivity contribution is -0.00000724. The Labute approximate surface area is 141 Å². The highest BCUT2D eigenvalue weighted by molar-refractivity contribution is 7.99. The second-order valence-corrected chi connectivity index (χ2v) is 6.66. The van der Waals surface area contributed by atoms with Crippen LogP contribution in [0.5, 0.6) is 5.88 Å². The smallest absolute Gasteiger partial charge is 0.258 e. The van der Waals surface area contributed by atoms with Gasteiger partial charge in [0.1, 0.15) is 0 Å². The minimum atomic E-state index is -0.231. The molecule has 0 radical (unpaired) electrons. The van der Waals surface area contributed by atoms with E-state index in [4.69, 9.17) is 4.74 Å². The van der Waals surface area contributed by atoms with Crippen LogP contribution in [0.25, 0.3) is 0 Å². The first-order chi connectivity index (χ1) is 10.1. The van der Waals surface area contributed by atoms with Gasteiger partial charge < -0.3 is 27.2 Å². The fourth-order valence-corrected chi connectivity index (χ4v) is 3.08. The van der Waals surface area contributed by atoms with Crippen molar-refractivity contribution in [1.29, 1.82) is 0 Å². The lowest BCUT2D eigenvalue weighted by Gasteiger charge is -2.26. The van der Waals surface area contributed by atoms with Gasteiger partial charge >= 0.3 is 0 Å². The molecule has 2 heterocycles. The van der Waals surface area contributed by atoms with Gasteiger partial charge in [-0.1, -0.05) is 25.6 Å². The van der Waals surface area contributed by atoms with E-state index in [1.165, 1.54) is 11.8 Å². The number of H-pyrrole nitrogens is 1. The summed E-state index contributed by atoms with van der Waals surface area (Å²) in [6.45, 7) is 8.39. The monoisotopic (exact) mass is 348 g/mol. The van der Waals surface area contributed by atoms with E-state index in [0.717, 1.165) is 38.6 Å². The van der Waals surface area contributed by atoms with Crippen molar-refractivity contribution in [2.24, 2.45) is 5.92 Å². The maximum absolute atomic E-state index is 12.0. The molecular weight excluding hydrogens is 326 g/mol. The third-order valence-electron chi connectivity index (χ3n) is 3.33. The summed E-state index contributed by atoms with van der Waals surface area (Å²) in [5.41, 5.74) is 0.146. The third kappa shape index (κ3) is 5.79. The number of aromatic amines is 1. The normalized spacial score (nSPS) is 15.8. The summed E-state index contributed by atoms with van der Waals surface area (Å²) in [6.07, 6.45) is 0.535. The first-order valence-electron chi connectivity index (χ1n) is 7.31. The van der Waals surface area contributed by atoms with Crippen LogP contribution in [-0.4, -0.2) is 58.6 Å². The largest absolute Gasteiger partial charge is 1.00 e. The minimum absolute atomic E-state index is 0. The number of morpholine rings is 1. The molecule has 0 atom stereocenters. The first-order valence-corrected chi connectivity index (χ1v) is 8.30. The molecule has 1 aliphatic rings. The Balaban J connectivity index is 0.00000242. The highest BCUT2D eigenvalue weighted by atomic mass is 35.5. The molecule has 8 heteroatoms. The Bertz CT molecular complexity index is 519. The average molecular weight is 349 g/mol. The topological polar surface area (TPSA) is 78.5 Å². The molecule has 1 aromatic heterocycles. The molecule has 0 unspecified atom stereocenters. The Morgan fingerprint density at radius 3 is 2.68 bits per heavy atom. The van der Waals surface area contributed by atoms with E-state index in [2.05, 4.69) is 14.9 Å². The molecule has 1 aliphatic heterocycles. The van der Waals surface area contributed by atoms with Crippen molar-refractivity contribution in [3.8, 4) is 5.88 Å². The van der Waals surface area contributed by atoms with Crippen LogP contribution in [0.4, 0.5) is 0 Å². The summed E-state index contributed by atoms with van der Waals surface area (Å²) in [7, 11) is 0. The van der Waals surface area contributed by atoms with E-state index in [1.807, 2.05) is 13.8 Å². The SMILES string of the molecule is CC(C)Cc1c(O)nc(SCCN2CCOCC2)[nH]c1=O.[Cl-]. The van der Waals surface area contributed by atoms with Crippen molar-refractivity contribution in [2.45, 2.75) is 25.4 Å². The molecule has 2 N–H and O–H groups in total. The van der Waals surface area contributed by atoms with Crippen LogP contribution < -0.4 is 18.0 Å². The van der Waals surface area contributed by atoms with Crippen molar-refractivity contribution < 1.29 is 22.3 Å². The van der Waals surface area contributed by atoms with Gasteiger partial charge in [-0.15, -0.1) is 0 Å². The number of thioether (sulfide) groups is 1. The summed E-state index contributed by atoms with van der Waals surface area (Å²) < 4.78 is 5.30. The summed E-state index contributed by atoms with van der Waals surface area (Å²) in [6, 6.07) is 0.